The zero-order valence-electron chi connectivity index (χ0n) is 8.71. The summed E-state index contributed by atoms with van der Waals surface area (Å²) in [7, 11) is 0. The van der Waals surface area contributed by atoms with Gasteiger partial charge in [0.1, 0.15) is 0 Å². The van der Waals surface area contributed by atoms with E-state index in [0.717, 1.165) is 5.92 Å². The van der Waals surface area contributed by atoms with Crippen LogP contribution < -0.4 is 0 Å². The van der Waals surface area contributed by atoms with Gasteiger partial charge in [-0.2, -0.15) is 0 Å². The summed E-state index contributed by atoms with van der Waals surface area (Å²) < 4.78 is 0. The third-order valence-corrected chi connectivity index (χ3v) is 3.30. The maximum absolute atomic E-state index is 2.32. The molecule has 0 spiro atoms. The van der Waals surface area contributed by atoms with Crippen LogP contribution in [0.25, 0.3) is 0 Å². The molecule has 0 radical (unpaired) electrons. The van der Waals surface area contributed by atoms with E-state index < -0.39 is 0 Å². The first-order valence-electron chi connectivity index (χ1n) is 4.89. The molecule has 0 saturated carbocycles. The molecule has 0 heterocycles. The largest absolute Gasteiger partial charge is 0.129 e. The average molecular weight is 194 g/mol. The van der Waals surface area contributed by atoms with Crippen LogP contribution in [0.4, 0.5) is 0 Å². The number of thioether (sulfide) groups is 1. The van der Waals surface area contributed by atoms with Crippen LogP contribution in [0.15, 0.2) is 29.2 Å². The summed E-state index contributed by atoms with van der Waals surface area (Å²) in [4.78, 5) is 1.43. The van der Waals surface area contributed by atoms with Gasteiger partial charge in [0.05, 0.1) is 0 Å². The number of rotatable bonds is 4. The predicted molar refractivity (Wildman–Crippen MR) is 61.4 cm³/mol. The Hall–Kier alpha value is -0.430. The number of hydrogen-bond acceptors (Lipinski definition) is 1. The molecular formula is C12H18S. The highest BCUT2D eigenvalue weighted by atomic mass is 32.2. The molecule has 0 aromatic heterocycles. The lowest BCUT2D eigenvalue weighted by molar-refractivity contribution is 0.556. The summed E-state index contributed by atoms with van der Waals surface area (Å²) in [6.45, 7) is 4.57. The Balaban J connectivity index is 2.74. The monoisotopic (exact) mass is 194 g/mol. The lowest BCUT2D eigenvalue weighted by Gasteiger charge is -2.11. The van der Waals surface area contributed by atoms with Gasteiger partial charge in [0.2, 0.25) is 0 Å². The molecule has 0 aliphatic heterocycles. The molecule has 0 N–H and O–H groups in total. The zero-order valence-corrected chi connectivity index (χ0v) is 9.53. The van der Waals surface area contributed by atoms with Gasteiger partial charge in [-0.15, -0.1) is 11.8 Å². The van der Waals surface area contributed by atoms with E-state index in [4.69, 9.17) is 0 Å². The van der Waals surface area contributed by atoms with Gasteiger partial charge in [0, 0.05) is 4.90 Å². The molecule has 13 heavy (non-hydrogen) atoms. The molecule has 1 atom stereocenters. The van der Waals surface area contributed by atoms with Crippen molar-refractivity contribution in [3.05, 3.63) is 29.8 Å². The minimum Gasteiger partial charge on any atom is -0.129 e. The maximum Gasteiger partial charge on any atom is 0.0101 e. The van der Waals surface area contributed by atoms with Crippen molar-refractivity contribution in [3.63, 3.8) is 0 Å². The smallest absolute Gasteiger partial charge is 0.0101 e. The van der Waals surface area contributed by atoms with E-state index in [1.165, 1.54) is 23.3 Å². The van der Waals surface area contributed by atoms with Crippen molar-refractivity contribution >= 4 is 11.8 Å². The zero-order chi connectivity index (χ0) is 9.68. The van der Waals surface area contributed by atoms with E-state index in [1.54, 1.807) is 0 Å². The van der Waals surface area contributed by atoms with Crippen LogP contribution in [0, 0.1) is 5.92 Å². The van der Waals surface area contributed by atoms with Crippen LogP contribution >= 0.6 is 11.8 Å². The predicted octanol–water partition coefficient (Wildman–Crippen LogP) is 4.00. The Morgan fingerprint density at radius 3 is 2.62 bits per heavy atom. The SMILES string of the molecule is CCC(C)Cc1ccccc1SC. The molecule has 72 valence electrons. The molecule has 0 amide bonds. The average Bonchev–Trinajstić information content (AvgIpc) is 2.18. The summed E-state index contributed by atoms with van der Waals surface area (Å²) in [6.07, 6.45) is 4.63. The molecule has 1 rings (SSSR count). The first kappa shape index (κ1) is 10.6. The number of hydrogen-bond donors (Lipinski definition) is 0. The third-order valence-electron chi connectivity index (χ3n) is 2.46. The fourth-order valence-corrected chi connectivity index (χ4v) is 2.02. The minimum absolute atomic E-state index is 0.799. The van der Waals surface area contributed by atoms with E-state index in [-0.39, 0.29) is 0 Å². The molecular weight excluding hydrogens is 176 g/mol. The first-order valence-corrected chi connectivity index (χ1v) is 6.12. The Kier molecular flexibility index (Phi) is 4.37. The molecule has 0 bridgehead atoms. The van der Waals surface area contributed by atoms with E-state index in [9.17, 15) is 0 Å². The van der Waals surface area contributed by atoms with Gasteiger partial charge in [-0.25, -0.2) is 0 Å². The van der Waals surface area contributed by atoms with E-state index in [1.807, 2.05) is 11.8 Å². The van der Waals surface area contributed by atoms with Gasteiger partial charge in [-0.05, 0) is 30.2 Å². The molecule has 0 aliphatic carbocycles. The Labute approximate surface area is 85.7 Å². The lowest BCUT2D eigenvalue weighted by atomic mass is 9.99. The first-order chi connectivity index (χ1) is 6.27. The Morgan fingerprint density at radius 2 is 2.00 bits per heavy atom. The van der Waals surface area contributed by atoms with Crippen LogP contribution in [0.3, 0.4) is 0 Å². The lowest BCUT2D eigenvalue weighted by Crippen LogP contribution is -1.98. The summed E-state index contributed by atoms with van der Waals surface area (Å²) in [5.74, 6) is 0.799. The van der Waals surface area contributed by atoms with Crippen LogP contribution in [-0.2, 0) is 6.42 Å². The molecule has 0 nitrogen and oxygen atoms in total. The molecule has 0 saturated heterocycles. The molecule has 1 aromatic rings. The van der Waals surface area contributed by atoms with Crippen molar-refractivity contribution in [1.29, 1.82) is 0 Å². The summed E-state index contributed by atoms with van der Waals surface area (Å²) in [6, 6.07) is 8.71. The van der Waals surface area contributed by atoms with Crippen LogP contribution in [0.1, 0.15) is 25.8 Å². The van der Waals surface area contributed by atoms with Crippen molar-refractivity contribution < 1.29 is 0 Å². The molecule has 1 heteroatoms. The topological polar surface area (TPSA) is 0 Å². The van der Waals surface area contributed by atoms with Gasteiger partial charge in [0.25, 0.3) is 0 Å². The highest BCUT2D eigenvalue weighted by Crippen LogP contribution is 2.23. The second-order valence-electron chi connectivity index (χ2n) is 3.53. The Morgan fingerprint density at radius 1 is 1.31 bits per heavy atom. The minimum atomic E-state index is 0.799. The van der Waals surface area contributed by atoms with Crippen molar-refractivity contribution in [2.75, 3.05) is 6.26 Å². The van der Waals surface area contributed by atoms with Gasteiger partial charge in [-0.3, -0.25) is 0 Å². The van der Waals surface area contributed by atoms with E-state index >= 15 is 0 Å². The van der Waals surface area contributed by atoms with Crippen LogP contribution in [-0.4, -0.2) is 6.26 Å². The molecule has 1 unspecified atom stereocenters. The van der Waals surface area contributed by atoms with Gasteiger partial charge in [0.15, 0.2) is 0 Å². The van der Waals surface area contributed by atoms with Crippen molar-refractivity contribution in [2.24, 2.45) is 5.92 Å². The van der Waals surface area contributed by atoms with Crippen molar-refractivity contribution in [1.82, 2.24) is 0 Å². The summed E-state index contributed by atoms with van der Waals surface area (Å²) in [5.41, 5.74) is 1.50. The quantitative estimate of drug-likeness (QED) is 0.653. The third kappa shape index (κ3) is 3.07. The van der Waals surface area contributed by atoms with Gasteiger partial charge >= 0.3 is 0 Å². The highest BCUT2D eigenvalue weighted by molar-refractivity contribution is 7.98. The normalized spacial score (nSPS) is 12.8. The summed E-state index contributed by atoms with van der Waals surface area (Å²) in [5, 5.41) is 0. The van der Waals surface area contributed by atoms with Crippen molar-refractivity contribution in [2.45, 2.75) is 31.6 Å². The van der Waals surface area contributed by atoms with Gasteiger partial charge in [-0.1, -0.05) is 38.5 Å². The molecule has 0 aliphatic rings. The fourth-order valence-electron chi connectivity index (χ4n) is 1.39. The standard InChI is InChI=1S/C12H18S/c1-4-10(2)9-11-7-5-6-8-12(11)13-3/h5-8,10H,4,9H2,1-3H3. The fraction of sp³-hybridized carbons (Fsp3) is 0.500. The van der Waals surface area contributed by atoms with Crippen LogP contribution in [0.2, 0.25) is 0 Å². The maximum atomic E-state index is 2.32. The second-order valence-corrected chi connectivity index (χ2v) is 4.38. The Bertz CT molecular complexity index is 255. The van der Waals surface area contributed by atoms with Crippen LogP contribution in [0.5, 0.6) is 0 Å². The molecule has 0 fully saturated rings. The van der Waals surface area contributed by atoms with Gasteiger partial charge < -0.3 is 0 Å². The van der Waals surface area contributed by atoms with Crippen molar-refractivity contribution in [3.8, 4) is 0 Å². The highest BCUT2D eigenvalue weighted by Gasteiger charge is 2.04. The second kappa shape index (κ2) is 5.33. The van der Waals surface area contributed by atoms with E-state index in [2.05, 4.69) is 44.4 Å². The molecule has 1 aromatic carbocycles. The van der Waals surface area contributed by atoms with E-state index in [0.29, 0.717) is 0 Å². The summed E-state index contributed by atoms with van der Waals surface area (Å²) >= 11 is 1.85. The number of benzene rings is 1.